The van der Waals surface area contributed by atoms with Gasteiger partial charge in [-0.25, -0.2) is 9.97 Å². The van der Waals surface area contributed by atoms with Gasteiger partial charge in [0.2, 0.25) is 5.91 Å². The van der Waals surface area contributed by atoms with Gasteiger partial charge in [0.1, 0.15) is 5.82 Å². The normalized spacial score (nSPS) is 18.3. The maximum absolute atomic E-state index is 11.1. The number of likely N-dealkylation sites (tertiary alicyclic amines) is 1. The number of aromatic nitrogens is 2. The fourth-order valence-corrected chi connectivity index (χ4v) is 3.88. The largest absolute Gasteiger partial charge is 0.351 e. The van der Waals surface area contributed by atoms with Gasteiger partial charge in [0.15, 0.2) is 0 Å². The summed E-state index contributed by atoms with van der Waals surface area (Å²) in [6.07, 6.45) is 4.06. The zero-order valence-electron chi connectivity index (χ0n) is 13.6. The zero-order valence-corrected chi connectivity index (χ0v) is 14.4. The number of aryl methyl sites for hydroxylation is 1. The van der Waals surface area contributed by atoms with Gasteiger partial charge in [-0.3, -0.25) is 9.69 Å². The Morgan fingerprint density at radius 3 is 3.04 bits per heavy atom. The van der Waals surface area contributed by atoms with E-state index in [2.05, 4.69) is 39.2 Å². The predicted octanol–water partition coefficient (Wildman–Crippen LogP) is 2.82. The van der Waals surface area contributed by atoms with Gasteiger partial charge in [-0.2, -0.15) is 0 Å². The molecule has 0 unspecified atom stereocenters. The van der Waals surface area contributed by atoms with Crippen LogP contribution in [0.3, 0.4) is 0 Å². The molecule has 2 aromatic rings. The maximum atomic E-state index is 11.1. The third-order valence-electron chi connectivity index (χ3n) is 4.07. The average molecular weight is 330 g/mol. The van der Waals surface area contributed by atoms with Gasteiger partial charge < -0.3 is 5.32 Å². The number of nitrogens with one attached hydrogen (secondary N) is 1. The summed E-state index contributed by atoms with van der Waals surface area (Å²) in [7, 11) is 0. The molecule has 6 heteroatoms. The second-order valence-corrected chi connectivity index (χ2v) is 7.33. The maximum Gasteiger partial charge on any atom is 0.217 e. The van der Waals surface area contributed by atoms with Crippen LogP contribution in [0.15, 0.2) is 24.4 Å². The van der Waals surface area contributed by atoms with Crippen molar-refractivity contribution in [1.82, 2.24) is 20.2 Å². The van der Waals surface area contributed by atoms with Gasteiger partial charge in [0.25, 0.3) is 0 Å². The monoisotopic (exact) mass is 330 g/mol. The lowest BCUT2D eigenvalue weighted by atomic mass is 10.2. The minimum Gasteiger partial charge on any atom is -0.351 e. The minimum absolute atomic E-state index is 0.0410. The van der Waals surface area contributed by atoms with Crippen molar-refractivity contribution in [3.63, 3.8) is 0 Å². The summed E-state index contributed by atoms with van der Waals surface area (Å²) in [5.41, 5.74) is 0.865. The number of nitrogens with zero attached hydrogens (tertiary/aromatic N) is 3. The SMILES string of the molecule is CC(=O)NCc1ccnc([C@@H]2CCCN2Cc2ccc(C)s2)n1. The molecule has 2 aromatic heterocycles. The topological polar surface area (TPSA) is 58.1 Å². The molecular formula is C17H22N4OS. The Balaban J connectivity index is 1.71. The Bertz CT molecular complexity index is 685. The first-order valence-electron chi connectivity index (χ1n) is 7.97. The van der Waals surface area contributed by atoms with Crippen molar-refractivity contribution in [3.8, 4) is 0 Å². The lowest BCUT2D eigenvalue weighted by molar-refractivity contribution is -0.119. The van der Waals surface area contributed by atoms with Crippen LogP contribution in [0.25, 0.3) is 0 Å². The summed E-state index contributed by atoms with van der Waals surface area (Å²) in [5.74, 6) is 0.833. The van der Waals surface area contributed by atoms with Crippen molar-refractivity contribution in [2.75, 3.05) is 6.54 Å². The highest BCUT2D eigenvalue weighted by Crippen LogP contribution is 2.32. The number of thiophene rings is 1. The van der Waals surface area contributed by atoms with Gasteiger partial charge in [0.05, 0.1) is 18.3 Å². The average Bonchev–Trinajstić information content (AvgIpc) is 3.15. The molecule has 3 heterocycles. The van der Waals surface area contributed by atoms with Crippen LogP contribution in [0, 0.1) is 6.92 Å². The summed E-state index contributed by atoms with van der Waals surface area (Å²) in [4.78, 5) is 25.4. The van der Waals surface area contributed by atoms with E-state index in [0.717, 1.165) is 31.0 Å². The Hall–Kier alpha value is -1.79. The number of amides is 1. The van der Waals surface area contributed by atoms with Crippen LogP contribution in [-0.4, -0.2) is 27.3 Å². The molecule has 1 amide bonds. The van der Waals surface area contributed by atoms with Crippen molar-refractivity contribution in [2.24, 2.45) is 0 Å². The van der Waals surface area contributed by atoms with E-state index in [9.17, 15) is 4.79 Å². The molecule has 1 aliphatic rings. The Labute approximate surface area is 140 Å². The summed E-state index contributed by atoms with van der Waals surface area (Å²) >= 11 is 1.86. The van der Waals surface area contributed by atoms with Gasteiger partial charge >= 0.3 is 0 Å². The first kappa shape index (κ1) is 16.1. The molecule has 5 nitrogen and oxygen atoms in total. The van der Waals surface area contributed by atoms with Crippen molar-refractivity contribution >= 4 is 17.2 Å². The van der Waals surface area contributed by atoms with Crippen molar-refractivity contribution in [2.45, 2.75) is 45.8 Å². The van der Waals surface area contributed by atoms with Crippen LogP contribution in [0.2, 0.25) is 0 Å². The number of hydrogen-bond acceptors (Lipinski definition) is 5. The quantitative estimate of drug-likeness (QED) is 0.916. The smallest absolute Gasteiger partial charge is 0.217 e. The third kappa shape index (κ3) is 4.14. The standard InChI is InChI=1S/C17H22N4OS/c1-12-5-6-15(23-12)11-21-9-3-4-16(21)17-18-8-7-14(20-17)10-19-13(2)22/h5-8,16H,3-4,9-11H2,1-2H3,(H,19,22)/t16-/m0/s1. The lowest BCUT2D eigenvalue weighted by Crippen LogP contribution is -2.25. The molecule has 0 saturated carbocycles. The molecule has 1 fully saturated rings. The number of carbonyl (C=O) groups is 1. The van der Waals surface area contributed by atoms with Crippen molar-refractivity contribution in [3.05, 3.63) is 45.7 Å². The Morgan fingerprint density at radius 2 is 2.30 bits per heavy atom. The number of hydrogen-bond donors (Lipinski definition) is 1. The highest BCUT2D eigenvalue weighted by molar-refractivity contribution is 7.11. The second-order valence-electron chi connectivity index (χ2n) is 5.96. The second kappa shape index (κ2) is 7.19. The molecule has 1 saturated heterocycles. The summed E-state index contributed by atoms with van der Waals surface area (Å²) in [5, 5.41) is 2.79. The summed E-state index contributed by atoms with van der Waals surface area (Å²) in [6, 6.07) is 6.52. The van der Waals surface area contributed by atoms with E-state index >= 15 is 0 Å². The van der Waals surface area contributed by atoms with Gasteiger partial charge in [-0.1, -0.05) is 0 Å². The van der Waals surface area contributed by atoms with Crippen LogP contribution < -0.4 is 5.32 Å². The van der Waals surface area contributed by atoms with E-state index in [1.165, 1.54) is 23.1 Å². The molecule has 3 rings (SSSR count). The summed E-state index contributed by atoms with van der Waals surface area (Å²) in [6.45, 7) is 6.17. The highest BCUT2D eigenvalue weighted by Gasteiger charge is 2.28. The fraction of sp³-hybridized carbons (Fsp3) is 0.471. The molecular weight excluding hydrogens is 308 g/mol. The Morgan fingerprint density at radius 1 is 1.43 bits per heavy atom. The van der Waals surface area contributed by atoms with Gasteiger partial charge in [0, 0.05) is 29.4 Å². The van der Waals surface area contributed by atoms with E-state index in [-0.39, 0.29) is 11.9 Å². The predicted molar refractivity (Wildman–Crippen MR) is 91.0 cm³/mol. The van der Waals surface area contributed by atoms with Crippen LogP contribution in [0.4, 0.5) is 0 Å². The van der Waals surface area contributed by atoms with Crippen LogP contribution in [-0.2, 0) is 17.9 Å². The fourth-order valence-electron chi connectivity index (χ4n) is 2.97. The molecule has 122 valence electrons. The van der Waals surface area contributed by atoms with E-state index in [1.54, 1.807) is 6.20 Å². The summed E-state index contributed by atoms with van der Waals surface area (Å²) < 4.78 is 0. The number of carbonyl (C=O) groups excluding carboxylic acids is 1. The van der Waals surface area contributed by atoms with E-state index in [1.807, 2.05) is 17.4 Å². The molecule has 1 aliphatic heterocycles. The Kier molecular flexibility index (Phi) is 5.03. The van der Waals surface area contributed by atoms with Crippen LogP contribution in [0.5, 0.6) is 0 Å². The van der Waals surface area contributed by atoms with Crippen LogP contribution >= 0.6 is 11.3 Å². The molecule has 0 spiro atoms. The van der Waals surface area contributed by atoms with E-state index < -0.39 is 0 Å². The zero-order chi connectivity index (χ0) is 16.2. The van der Waals surface area contributed by atoms with Crippen molar-refractivity contribution < 1.29 is 4.79 Å². The first-order chi connectivity index (χ1) is 11.1. The number of rotatable bonds is 5. The van der Waals surface area contributed by atoms with E-state index in [0.29, 0.717) is 6.54 Å². The highest BCUT2D eigenvalue weighted by atomic mass is 32.1. The van der Waals surface area contributed by atoms with E-state index in [4.69, 9.17) is 0 Å². The molecule has 0 bridgehead atoms. The van der Waals surface area contributed by atoms with Gasteiger partial charge in [-0.15, -0.1) is 11.3 Å². The van der Waals surface area contributed by atoms with Crippen molar-refractivity contribution in [1.29, 1.82) is 0 Å². The molecule has 1 N–H and O–H groups in total. The molecule has 0 aromatic carbocycles. The third-order valence-corrected chi connectivity index (χ3v) is 5.05. The van der Waals surface area contributed by atoms with Crippen LogP contribution in [0.1, 0.15) is 47.1 Å². The lowest BCUT2D eigenvalue weighted by Gasteiger charge is -2.22. The molecule has 0 radical (unpaired) electrons. The molecule has 1 atom stereocenters. The molecule has 23 heavy (non-hydrogen) atoms. The first-order valence-corrected chi connectivity index (χ1v) is 8.79. The van der Waals surface area contributed by atoms with Gasteiger partial charge in [-0.05, 0) is 44.5 Å². The molecule has 0 aliphatic carbocycles. The minimum atomic E-state index is -0.0410.